The van der Waals surface area contributed by atoms with Gasteiger partial charge in [0.15, 0.2) is 11.5 Å². The van der Waals surface area contributed by atoms with Gasteiger partial charge >= 0.3 is 6.03 Å². The minimum absolute atomic E-state index is 0.124. The highest BCUT2D eigenvalue weighted by molar-refractivity contribution is 7.92. The summed E-state index contributed by atoms with van der Waals surface area (Å²) >= 11 is 0. The van der Waals surface area contributed by atoms with Crippen molar-refractivity contribution in [2.45, 2.75) is 19.4 Å². The van der Waals surface area contributed by atoms with E-state index < -0.39 is 28.5 Å². The summed E-state index contributed by atoms with van der Waals surface area (Å²) in [4.78, 5) is 16.8. The zero-order valence-corrected chi connectivity index (χ0v) is 18.2. The van der Waals surface area contributed by atoms with Crippen LogP contribution in [-0.4, -0.2) is 47.1 Å². The molecule has 3 N–H and O–H groups in total. The summed E-state index contributed by atoms with van der Waals surface area (Å²) in [5, 5.41) is 12.6. The van der Waals surface area contributed by atoms with Gasteiger partial charge in [0, 0.05) is 7.05 Å². The molecule has 0 aliphatic carbocycles. The Bertz CT molecular complexity index is 1220. The predicted molar refractivity (Wildman–Crippen MR) is 115 cm³/mol. The Labute approximate surface area is 183 Å². The molecule has 0 saturated heterocycles. The van der Waals surface area contributed by atoms with Crippen LogP contribution in [-0.2, 0) is 17.1 Å². The number of amides is 2. The van der Waals surface area contributed by atoms with Gasteiger partial charge in [0.1, 0.15) is 6.04 Å². The van der Waals surface area contributed by atoms with Gasteiger partial charge < -0.3 is 5.32 Å². The third-order valence-corrected chi connectivity index (χ3v) is 4.97. The van der Waals surface area contributed by atoms with Gasteiger partial charge in [0.2, 0.25) is 10.0 Å². The molecule has 10 nitrogen and oxygen atoms in total. The van der Waals surface area contributed by atoms with Crippen LogP contribution in [0.1, 0.15) is 17.3 Å². The first kappa shape index (κ1) is 23.1. The molecule has 3 aromatic rings. The molecular formula is C19H21F2N7O3S. The summed E-state index contributed by atoms with van der Waals surface area (Å²) < 4.78 is 53.5. The van der Waals surface area contributed by atoms with E-state index in [1.54, 1.807) is 25.1 Å². The van der Waals surface area contributed by atoms with Gasteiger partial charge in [-0.1, -0.05) is 35.5 Å². The van der Waals surface area contributed by atoms with Gasteiger partial charge in [-0.3, -0.25) is 10.0 Å². The van der Waals surface area contributed by atoms with Gasteiger partial charge in [-0.05, 0) is 24.6 Å². The number of pyridine rings is 1. The Kier molecular flexibility index (Phi) is 6.67. The molecule has 0 aliphatic heterocycles. The minimum Gasteiger partial charge on any atom is -0.325 e. The van der Waals surface area contributed by atoms with Crippen molar-refractivity contribution in [1.29, 1.82) is 0 Å². The number of aryl methyl sites for hydroxylation is 2. The van der Waals surface area contributed by atoms with Crippen molar-refractivity contribution < 1.29 is 22.0 Å². The number of carbonyl (C=O) groups excluding carboxylic acids is 1. The smallest absolute Gasteiger partial charge is 0.321 e. The number of alkyl halides is 2. The second-order valence-corrected chi connectivity index (χ2v) is 8.68. The lowest BCUT2D eigenvalue weighted by Crippen LogP contribution is -2.36. The Morgan fingerprint density at radius 2 is 1.81 bits per heavy atom. The number of nitrogens with one attached hydrogen (secondary N) is 3. The lowest BCUT2D eigenvalue weighted by Gasteiger charge is -2.19. The molecule has 0 aliphatic rings. The van der Waals surface area contributed by atoms with E-state index in [9.17, 15) is 22.0 Å². The van der Waals surface area contributed by atoms with E-state index in [2.05, 4.69) is 30.7 Å². The van der Waals surface area contributed by atoms with Gasteiger partial charge in [0.05, 0.1) is 23.3 Å². The molecule has 2 amide bonds. The second kappa shape index (κ2) is 9.26. The Morgan fingerprint density at radius 1 is 1.12 bits per heavy atom. The maximum atomic E-state index is 13.5. The molecule has 3 rings (SSSR count). The third kappa shape index (κ3) is 5.55. The van der Waals surface area contributed by atoms with E-state index in [4.69, 9.17) is 0 Å². The molecule has 1 unspecified atom stereocenters. The van der Waals surface area contributed by atoms with E-state index in [0.29, 0.717) is 11.4 Å². The molecule has 170 valence electrons. The zero-order valence-electron chi connectivity index (χ0n) is 17.4. The summed E-state index contributed by atoms with van der Waals surface area (Å²) in [6.07, 6.45) is -1.81. The Hall–Kier alpha value is -3.61. The van der Waals surface area contributed by atoms with Gasteiger partial charge in [-0.2, -0.15) is 0 Å². The number of rotatable bonds is 7. The fourth-order valence-corrected chi connectivity index (χ4v) is 3.52. The number of anilines is 2. The molecule has 0 fully saturated rings. The molecule has 0 radical (unpaired) electrons. The van der Waals surface area contributed by atoms with Crippen molar-refractivity contribution in [3.05, 3.63) is 53.7 Å². The number of halogens is 2. The molecule has 2 heterocycles. The molecular weight excluding hydrogens is 444 g/mol. The van der Waals surface area contributed by atoms with E-state index in [1.807, 2.05) is 0 Å². The summed E-state index contributed by atoms with van der Waals surface area (Å²) in [6, 6.07) is 8.48. The average Bonchev–Trinajstić information content (AvgIpc) is 3.07. The van der Waals surface area contributed by atoms with E-state index in [1.165, 1.54) is 36.0 Å². The lowest BCUT2D eigenvalue weighted by molar-refractivity contribution is 0.103. The first-order valence-electron chi connectivity index (χ1n) is 9.31. The number of hydrogen-bond acceptors (Lipinski definition) is 6. The highest BCUT2D eigenvalue weighted by Crippen LogP contribution is 2.27. The standard InChI is InChI=1S/C19H21F2N7O3S/c1-11-13(26-32(3,30)31)9-10-14(22-11)16-18(28(2)27-25-16)24-19(29)23-15(17(20)21)12-7-5-4-6-8-12/h4-10,15,17,26H,1-3H3,(H2,23,24,29). The van der Waals surface area contributed by atoms with Crippen molar-refractivity contribution in [3.63, 3.8) is 0 Å². The summed E-state index contributed by atoms with van der Waals surface area (Å²) in [6.45, 7) is 1.60. The molecule has 2 aromatic heterocycles. The van der Waals surface area contributed by atoms with E-state index in [0.717, 1.165) is 6.26 Å². The first-order valence-corrected chi connectivity index (χ1v) is 11.2. The summed E-state index contributed by atoms with van der Waals surface area (Å²) in [7, 11) is -1.97. The van der Waals surface area contributed by atoms with Crippen LogP contribution in [0.4, 0.5) is 25.1 Å². The van der Waals surface area contributed by atoms with Crippen molar-refractivity contribution in [2.75, 3.05) is 16.3 Å². The summed E-state index contributed by atoms with van der Waals surface area (Å²) in [5.74, 6) is 0.124. The van der Waals surface area contributed by atoms with Crippen LogP contribution in [0.15, 0.2) is 42.5 Å². The predicted octanol–water partition coefficient (Wildman–Crippen LogP) is 2.68. The van der Waals surface area contributed by atoms with Crippen molar-refractivity contribution in [3.8, 4) is 11.4 Å². The van der Waals surface area contributed by atoms with Crippen LogP contribution in [0.25, 0.3) is 11.4 Å². The van der Waals surface area contributed by atoms with Crippen LogP contribution in [0.5, 0.6) is 0 Å². The average molecular weight is 465 g/mol. The lowest BCUT2D eigenvalue weighted by atomic mass is 10.1. The fourth-order valence-electron chi connectivity index (χ4n) is 2.91. The van der Waals surface area contributed by atoms with E-state index in [-0.39, 0.29) is 22.8 Å². The Morgan fingerprint density at radius 3 is 2.41 bits per heavy atom. The van der Waals surface area contributed by atoms with Gasteiger partial charge in [0.25, 0.3) is 6.43 Å². The summed E-state index contributed by atoms with van der Waals surface area (Å²) in [5.41, 5.74) is 1.40. The highest BCUT2D eigenvalue weighted by Gasteiger charge is 2.25. The van der Waals surface area contributed by atoms with Crippen molar-refractivity contribution in [1.82, 2.24) is 25.3 Å². The Balaban J connectivity index is 1.83. The van der Waals surface area contributed by atoms with Gasteiger partial charge in [-0.25, -0.2) is 31.7 Å². The monoisotopic (exact) mass is 465 g/mol. The number of carbonyl (C=O) groups is 1. The molecule has 1 aromatic carbocycles. The highest BCUT2D eigenvalue weighted by atomic mass is 32.2. The van der Waals surface area contributed by atoms with Crippen LogP contribution < -0.4 is 15.4 Å². The first-order chi connectivity index (χ1) is 15.0. The fraction of sp³-hybridized carbons (Fsp3) is 0.263. The number of sulfonamides is 1. The van der Waals surface area contributed by atoms with Crippen LogP contribution >= 0.6 is 0 Å². The van der Waals surface area contributed by atoms with Crippen molar-refractivity contribution in [2.24, 2.45) is 7.05 Å². The quantitative estimate of drug-likeness (QED) is 0.492. The number of hydrogen-bond donors (Lipinski definition) is 3. The van der Waals surface area contributed by atoms with Gasteiger partial charge in [-0.15, -0.1) is 5.10 Å². The molecule has 1 atom stereocenters. The maximum Gasteiger partial charge on any atom is 0.321 e. The van der Waals surface area contributed by atoms with Crippen LogP contribution in [0, 0.1) is 6.92 Å². The number of nitrogens with zero attached hydrogens (tertiary/aromatic N) is 4. The molecule has 13 heteroatoms. The zero-order chi connectivity index (χ0) is 23.5. The number of urea groups is 1. The minimum atomic E-state index is -3.49. The number of benzene rings is 1. The second-order valence-electron chi connectivity index (χ2n) is 6.94. The SMILES string of the molecule is Cc1nc(-c2nnn(C)c2NC(=O)NC(c2ccccc2)C(F)F)ccc1NS(C)(=O)=O. The van der Waals surface area contributed by atoms with Crippen LogP contribution in [0.3, 0.4) is 0 Å². The van der Waals surface area contributed by atoms with E-state index >= 15 is 0 Å². The number of aromatic nitrogens is 4. The molecule has 0 spiro atoms. The molecule has 32 heavy (non-hydrogen) atoms. The molecule has 0 bridgehead atoms. The third-order valence-electron chi connectivity index (χ3n) is 4.38. The largest absolute Gasteiger partial charge is 0.325 e. The van der Waals surface area contributed by atoms with Crippen molar-refractivity contribution >= 4 is 27.6 Å². The van der Waals surface area contributed by atoms with Crippen LogP contribution in [0.2, 0.25) is 0 Å². The molecule has 0 saturated carbocycles. The maximum absolute atomic E-state index is 13.5. The normalized spacial score (nSPS) is 12.4. The topological polar surface area (TPSA) is 131 Å².